The molecule has 0 bridgehead atoms. The minimum Gasteiger partial charge on any atom is -0.385 e. The molecule has 0 unspecified atom stereocenters. The summed E-state index contributed by atoms with van der Waals surface area (Å²) >= 11 is 0. The number of nitrogens with zero attached hydrogens (tertiary/aromatic N) is 2. The summed E-state index contributed by atoms with van der Waals surface area (Å²) in [6.07, 6.45) is -3.03. The van der Waals surface area contributed by atoms with Gasteiger partial charge in [-0.05, 0) is 19.1 Å². The van der Waals surface area contributed by atoms with E-state index in [-0.39, 0.29) is 5.69 Å². The number of aromatic nitrogens is 1. The molecule has 0 aliphatic carbocycles. The number of carbonyl (C=O) groups excluding carboxylic acids is 1. The number of hydrogen-bond donors (Lipinski definition) is 1. The molecule has 0 aliphatic heterocycles. The van der Waals surface area contributed by atoms with Crippen LogP contribution in [-0.4, -0.2) is 42.1 Å². The van der Waals surface area contributed by atoms with E-state index in [9.17, 15) is 18.0 Å². The summed E-state index contributed by atoms with van der Waals surface area (Å²) < 4.78 is 36.5. The molecular formula is C11H14F3N3O. The van der Waals surface area contributed by atoms with E-state index < -0.39 is 18.6 Å². The van der Waals surface area contributed by atoms with Crippen molar-refractivity contribution in [3.05, 3.63) is 24.0 Å². The molecule has 1 aromatic heterocycles. The number of halogens is 3. The molecule has 1 aromatic rings. The van der Waals surface area contributed by atoms with Gasteiger partial charge in [0.1, 0.15) is 12.2 Å². The van der Waals surface area contributed by atoms with Gasteiger partial charge < -0.3 is 10.2 Å². The Bertz CT molecular complexity index is 420. The third-order valence-electron chi connectivity index (χ3n) is 2.12. The van der Waals surface area contributed by atoms with Gasteiger partial charge in [-0.15, -0.1) is 0 Å². The smallest absolute Gasteiger partial charge is 0.385 e. The van der Waals surface area contributed by atoms with Crippen molar-refractivity contribution in [2.75, 3.05) is 25.5 Å². The van der Waals surface area contributed by atoms with Crippen LogP contribution in [0.2, 0.25) is 0 Å². The highest BCUT2D eigenvalue weighted by atomic mass is 19.4. The zero-order valence-corrected chi connectivity index (χ0v) is 10.1. The van der Waals surface area contributed by atoms with Gasteiger partial charge in [-0.3, -0.25) is 9.78 Å². The van der Waals surface area contributed by atoms with Crippen molar-refractivity contribution in [3.63, 3.8) is 0 Å². The number of nitrogens with one attached hydrogen (secondary N) is 1. The van der Waals surface area contributed by atoms with Crippen molar-refractivity contribution in [2.45, 2.75) is 13.1 Å². The zero-order chi connectivity index (χ0) is 13.8. The van der Waals surface area contributed by atoms with Crippen molar-refractivity contribution < 1.29 is 18.0 Å². The van der Waals surface area contributed by atoms with Crippen LogP contribution in [0.1, 0.15) is 17.4 Å². The van der Waals surface area contributed by atoms with Crippen molar-refractivity contribution in [1.82, 2.24) is 9.88 Å². The maximum Gasteiger partial charge on any atom is 0.406 e. The zero-order valence-electron chi connectivity index (χ0n) is 10.1. The van der Waals surface area contributed by atoms with Crippen LogP contribution >= 0.6 is 0 Å². The van der Waals surface area contributed by atoms with Gasteiger partial charge in [-0.2, -0.15) is 13.2 Å². The molecule has 7 heteroatoms. The lowest BCUT2D eigenvalue weighted by molar-refractivity contribution is -0.138. The summed E-state index contributed by atoms with van der Waals surface area (Å²) in [6.45, 7) is 1.23. The van der Waals surface area contributed by atoms with Gasteiger partial charge in [0.05, 0.1) is 0 Å². The van der Waals surface area contributed by atoms with Crippen molar-refractivity contribution in [2.24, 2.45) is 0 Å². The average molecular weight is 261 g/mol. The van der Waals surface area contributed by atoms with Crippen molar-refractivity contribution >= 4 is 11.6 Å². The summed E-state index contributed by atoms with van der Waals surface area (Å²) in [5.74, 6) is -0.757. The van der Waals surface area contributed by atoms with Crippen molar-refractivity contribution in [1.29, 1.82) is 0 Å². The van der Waals surface area contributed by atoms with E-state index in [4.69, 9.17) is 0 Å². The first-order chi connectivity index (χ1) is 8.33. The largest absolute Gasteiger partial charge is 0.406 e. The molecule has 1 N–H and O–H groups in total. The van der Waals surface area contributed by atoms with E-state index in [1.54, 1.807) is 6.07 Å². The standard InChI is InChI=1S/C11H14F3N3O/c1-3-15-8-4-5-16-9(6-8)10(18)17(2)7-11(12,13)14/h4-6H,3,7H2,1-2H3,(H,15,16). The Hall–Kier alpha value is -1.79. The van der Waals surface area contributed by atoms with Gasteiger partial charge in [0.15, 0.2) is 0 Å². The highest BCUT2D eigenvalue weighted by Crippen LogP contribution is 2.17. The SMILES string of the molecule is CCNc1ccnc(C(=O)N(C)CC(F)(F)F)c1. The predicted octanol–water partition coefficient (Wildman–Crippen LogP) is 2.15. The normalized spacial score (nSPS) is 11.2. The van der Waals surface area contributed by atoms with Crippen LogP contribution < -0.4 is 5.32 Å². The second-order valence-electron chi connectivity index (χ2n) is 3.74. The topological polar surface area (TPSA) is 45.2 Å². The first-order valence-corrected chi connectivity index (χ1v) is 5.35. The molecule has 18 heavy (non-hydrogen) atoms. The third-order valence-corrected chi connectivity index (χ3v) is 2.12. The highest BCUT2D eigenvalue weighted by molar-refractivity contribution is 5.93. The van der Waals surface area contributed by atoms with Crippen molar-refractivity contribution in [3.8, 4) is 0 Å². The summed E-state index contributed by atoms with van der Waals surface area (Å²) in [4.78, 5) is 16.1. The number of hydrogen-bond acceptors (Lipinski definition) is 3. The summed E-state index contributed by atoms with van der Waals surface area (Å²) in [6, 6.07) is 3.07. The predicted molar refractivity (Wildman–Crippen MR) is 61.4 cm³/mol. The molecule has 4 nitrogen and oxygen atoms in total. The van der Waals surface area contributed by atoms with Crippen LogP contribution in [0.3, 0.4) is 0 Å². The Morgan fingerprint density at radius 1 is 1.50 bits per heavy atom. The minimum absolute atomic E-state index is 0.0137. The Kier molecular flexibility index (Phi) is 4.52. The van der Waals surface area contributed by atoms with Gasteiger partial charge in [-0.25, -0.2) is 0 Å². The van der Waals surface area contributed by atoms with E-state index >= 15 is 0 Å². The fraction of sp³-hybridized carbons (Fsp3) is 0.455. The molecule has 0 aliphatic rings. The second-order valence-corrected chi connectivity index (χ2v) is 3.74. The van der Waals surface area contributed by atoms with Gasteiger partial charge >= 0.3 is 6.18 Å². The summed E-state index contributed by atoms with van der Waals surface area (Å²) in [7, 11) is 1.09. The van der Waals surface area contributed by atoms with E-state index in [1.807, 2.05) is 6.92 Å². The van der Waals surface area contributed by atoms with Gasteiger partial charge in [0, 0.05) is 25.5 Å². The maximum atomic E-state index is 12.2. The Morgan fingerprint density at radius 2 is 2.17 bits per heavy atom. The van der Waals surface area contributed by atoms with E-state index in [2.05, 4.69) is 10.3 Å². The first-order valence-electron chi connectivity index (χ1n) is 5.35. The monoisotopic (exact) mass is 261 g/mol. The van der Waals surface area contributed by atoms with Crippen LogP contribution in [0.25, 0.3) is 0 Å². The average Bonchev–Trinajstić information content (AvgIpc) is 2.26. The van der Waals surface area contributed by atoms with E-state index in [1.165, 1.54) is 12.3 Å². The molecule has 0 saturated heterocycles. The number of amides is 1. The Labute approximate surface area is 103 Å². The molecular weight excluding hydrogens is 247 g/mol. The number of pyridine rings is 1. The van der Waals surface area contributed by atoms with Crippen LogP contribution in [-0.2, 0) is 0 Å². The number of rotatable bonds is 4. The van der Waals surface area contributed by atoms with Gasteiger partial charge in [0.2, 0.25) is 0 Å². The first kappa shape index (κ1) is 14.3. The Morgan fingerprint density at radius 3 is 2.72 bits per heavy atom. The number of anilines is 1. The molecule has 1 heterocycles. The van der Waals surface area contributed by atoms with Crippen LogP contribution in [0.15, 0.2) is 18.3 Å². The summed E-state index contributed by atoms with van der Waals surface area (Å²) in [5.41, 5.74) is 0.636. The molecule has 0 aromatic carbocycles. The third kappa shape index (κ3) is 4.23. The maximum absolute atomic E-state index is 12.2. The van der Waals surface area contributed by atoms with E-state index in [0.717, 1.165) is 7.05 Å². The molecule has 0 saturated carbocycles. The number of carbonyl (C=O) groups is 1. The molecule has 0 fully saturated rings. The van der Waals surface area contributed by atoms with Crippen LogP contribution in [0, 0.1) is 0 Å². The lowest BCUT2D eigenvalue weighted by Crippen LogP contribution is -2.36. The van der Waals surface area contributed by atoms with Crippen LogP contribution in [0.5, 0.6) is 0 Å². The summed E-state index contributed by atoms with van der Waals surface area (Å²) in [5, 5.41) is 2.96. The Balaban J connectivity index is 2.80. The van der Waals surface area contributed by atoms with Gasteiger partial charge in [-0.1, -0.05) is 0 Å². The molecule has 1 rings (SSSR count). The van der Waals surface area contributed by atoms with Crippen LogP contribution in [0.4, 0.5) is 18.9 Å². The molecule has 1 amide bonds. The molecule has 0 radical (unpaired) electrons. The fourth-order valence-corrected chi connectivity index (χ4v) is 1.40. The minimum atomic E-state index is -4.41. The quantitative estimate of drug-likeness (QED) is 0.903. The molecule has 100 valence electrons. The van der Waals surface area contributed by atoms with Gasteiger partial charge in [0.25, 0.3) is 5.91 Å². The van der Waals surface area contributed by atoms with E-state index in [0.29, 0.717) is 17.1 Å². The fourth-order valence-electron chi connectivity index (χ4n) is 1.40. The highest BCUT2D eigenvalue weighted by Gasteiger charge is 2.31. The molecule has 0 spiro atoms. The lowest BCUT2D eigenvalue weighted by Gasteiger charge is -2.18. The molecule has 0 atom stereocenters. The lowest BCUT2D eigenvalue weighted by atomic mass is 10.3. The number of alkyl halides is 3. The second kappa shape index (κ2) is 5.70.